The predicted molar refractivity (Wildman–Crippen MR) is 88.1 cm³/mol. The number of aliphatic hydroxyl groups is 1. The molecule has 21 heavy (non-hydrogen) atoms. The highest BCUT2D eigenvalue weighted by atomic mass is 16.3. The molecular weight excluding hydrogens is 258 g/mol. The van der Waals surface area contributed by atoms with E-state index in [4.69, 9.17) is 0 Å². The van der Waals surface area contributed by atoms with Crippen LogP contribution in [0.15, 0.2) is 65.7 Å². The van der Waals surface area contributed by atoms with E-state index in [2.05, 4.69) is 35.3 Å². The third-order valence-electron chi connectivity index (χ3n) is 4.04. The van der Waals surface area contributed by atoms with E-state index in [0.717, 1.165) is 12.1 Å². The van der Waals surface area contributed by atoms with Crippen LogP contribution in [0.3, 0.4) is 0 Å². The minimum Gasteiger partial charge on any atom is -0.396 e. The largest absolute Gasteiger partial charge is 0.396 e. The van der Waals surface area contributed by atoms with E-state index in [1.807, 2.05) is 42.6 Å². The topological polar surface area (TPSA) is 32.6 Å². The molecule has 1 aliphatic rings. The zero-order valence-corrected chi connectivity index (χ0v) is 11.9. The quantitative estimate of drug-likeness (QED) is 0.875. The summed E-state index contributed by atoms with van der Waals surface area (Å²) in [7, 11) is 0. The highest BCUT2D eigenvalue weighted by molar-refractivity contribution is 5.85. The van der Waals surface area contributed by atoms with Crippen LogP contribution in [0, 0.1) is 0 Å². The number of aliphatic imine (C=N–C) groups is 1. The molecule has 0 saturated carbocycles. The van der Waals surface area contributed by atoms with Gasteiger partial charge in [0.25, 0.3) is 0 Å². The average Bonchev–Trinajstić information content (AvgIpc) is 2.88. The van der Waals surface area contributed by atoms with Crippen molar-refractivity contribution in [3.63, 3.8) is 0 Å². The lowest BCUT2D eigenvalue weighted by molar-refractivity contribution is 0.264. The van der Waals surface area contributed by atoms with Crippen molar-refractivity contribution in [3.05, 3.63) is 71.8 Å². The first-order valence-corrected chi connectivity index (χ1v) is 7.31. The van der Waals surface area contributed by atoms with Gasteiger partial charge in [-0.2, -0.15) is 0 Å². The number of rotatable bonds is 5. The number of allylic oxidation sites excluding steroid dienone is 1. The van der Waals surface area contributed by atoms with Crippen LogP contribution < -0.4 is 0 Å². The Balaban J connectivity index is 1.84. The molecule has 2 heteroatoms. The van der Waals surface area contributed by atoms with Gasteiger partial charge in [0.1, 0.15) is 0 Å². The maximum Gasteiger partial charge on any atom is 0.0667 e. The molecule has 1 aliphatic heterocycles. The summed E-state index contributed by atoms with van der Waals surface area (Å²) in [5.74, 6) is 0. The van der Waals surface area contributed by atoms with E-state index in [9.17, 15) is 5.11 Å². The number of fused-ring (bicyclic) bond motifs is 1. The van der Waals surface area contributed by atoms with E-state index in [-0.39, 0.29) is 12.0 Å². The summed E-state index contributed by atoms with van der Waals surface area (Å²) < 4.78 is 0. The fourth-order valence-corrected chi connectivity index (χ4v) is 2.90. The third-order valence-corrected chi connectivity index (χ3v) is 4.04. The van der Waals surface area contributed by atoms with Gasteiger partial charge in [-0.3, -0.25) is 4.99 Å². The van der Waals surface area contributed by atoms with Crippen molar-refractivity contribution in [1.29, 1.82) is 0 Å². The van der Waals surface area contributed by atoms with Crippen LogP contribution in [0.4, 0.5) is 5.69 Å². The molecule has 3 rings (SSSR count). The molecule has 1 unspecified atom stereocenters. The second-order valence-corrected chi connectivity index (χ2v) is 5.42. The molecular formula is C19H19NO. The summed E-state index contributed by atoms with van der Waals surface area (Å²) in [6, 6.07) is 18.5. The summed E-state index contributed by atoms with van der Waals surface area (Å²) in [5.41, 5.74) is 3.27. The van der Waals surface area contributed by atoms with E-state index in [1.165, 1.54) is 11.1 Å². The Hall–Kier alpha value is -2.19. The summed E-state index contributed by atoms with van der Waals surface area (Å²) in [5, 5.41) is 9.45. The van der Waals surface area contributed by atoms with Crippen LogP contribution in [0.2, 0.25) is 0 Å². The standard InChI is InChI=1S/C19H19NO/c21-14-13-19(12-6-9-16-7-2-1-3-8-16)15-20-18-11-5-4-10-17(18)19/h1-11,15,21H,12-14H2/b9-6+. The van der Waals surface area contributed by atoms with Gasteiger partial charge in [-0.15, -0.1) is 0 Å². The molecule has 2 aromatic carbocycles. The van der Waals surface area contributed by atoms with Crippen molar-refractivity contribution in [1.82, 2.24) is 0 Å². The Labute approximate surface area is 125 Å². The number of hydrogen-bond donors (Lipinski definition) is 1. The summed E-state index contributed by atoms with van der Waals surface area (Å²) in [6.45, 7) is 0.166. The lowest BCUT2D eigenvalue weighted by atomic mass is 9.77. The number of nitrogens with zero attached hydrogens (tertiary/aromatic N) is 1. The van der Waals surface area contributed by atoms with Crippen LogP contribution in [-0.4, -0.2) is 17.9 Å². The average molecular weight is 277 g/mol. The van der Waals surface area contributed by atoms with Gasteiger partial charge in [-0.25, -0.2) is 0 Å². The van der Waals surface area contributed by atoms with Gasteiger partial charge < -0.3 is 5.11 Å². The van der Waals surface area contributed by atoms with E-state index in [0.29, 0.717) is 6.42 Å². The first-order chi connectivity index (χ1) is 10.3. The second-order valence-electron chi connectivity index (χ2n) is 5.42. The van der Waals surface area contributed by atoms with Gasteiger partial charge >= 0.3 is 0 Å². The van der Waals surface area contributed by atoms with Gasteiger partial charge in [-0.1, -0.05) is 60.7 Å². The summed E-state index contributed by atoms with van der Waals surface area (Å²) in [6.07, 6.45) is 7.87. The lowest BCUT2D eigenvalue weighted by Gasteiger charge is -2.25. The molecule has 0 saturated heterocycles. The molecule has 0 aliphatic carbocycles. The van der Waals surface area contributed by atoms with Crippen molar-refractivity contribution >= 4 is 18.0 Å². The Morgan fingerprint density at radius 2 is 1.76 bits per heavy atom. The van der Waals surface area contributed by atoms with Gasteiger partial charge in [0, 0.05) is 18.2 Å². The van der Waals surface area contributed by atoms with Crippen molar-refractivity contribution in [3.8, 4) is 0 Å². The molecule has 0 bridgehead atoms. The van der Waals surface area contributed by atoms with Gasteiger partial charge in [0.15, 0.2) is 0 Å². The first kappa shape index (κ1) is 13.8. The number of aliphatic hydroxyl groups excluding tert-OH is 1. The SMILES string of the molecule is OCCC1(C/C=C/c2ccccc2)C=Nc2ccccc21. The molecule has 106 valence electrons. The van der Waals surface area contributed by atoms with Gasteiger partial charge in [-0.05, 0) is 30.0 Å². The fraction of sp³-hybridized carbons (Fsp3) is 0.211. The Kier molecular flexibility index (Phi) is 3.98. The molecule has 0 spiro atoms. The normalized spacial score (nSPS) is 20.0. The van der Waals surface area contributed by atoms with Crippen LogP contribution in [-0.2, 0) is 5.41 Å². The Bertz CT molecular complexity index is 660. The van der Waals surface area contributed by atoms with Crippen LogP contribution in [0.25, 0.3) is 6.08 Å². The maximum atomic E-state index is 9.45. The molecule has 0 aromatic heterocycles. The molecule has 0 radical (unpaired) electrons. The van der Waals surface area contributed by atoms with Crippen molar-refractivity contribution in [2.45, 2.75) is 18.3 Å². The van der Waals surface area contributed by atoms with E-state index >= 15 is 0 Å². The Morgan fingerprint density at radius 1 is 1.00 bits per heavy atom. The first-order valence-electron chi connectivity index (χ1n) is 7.31. The van der Waals surface area contributed by atoms with Crippen molar-refractivity contribution < 1.29 is 5.11 Å². The molecule has 2 nitrogen and oxygen atoms in total. The smallest absolute Gasteiger partial charge is 0.0667 e. The monoisotopic (exact) mass is 277 g/mol. The highest BCUT2D eigenvalue weighted by Crippen LogP contribution is 2.41. The van der Waals surface area contributed by atoms with E-state index < -0.39 is 0 Å². The van der Waals surface area contributed by atoms with Crippen LogP contribution >= 0.6 is 0 Å². The minimum atomic E-state index is -0.170. The Morgan fingerprint density at radius 3 is 2.57 bits per heavy atom. The number of para-hydroxylation sites is 1. The zero-order chi connectivity index (χ0) is 14.5. The van der Waals surface area contributed by atoms with E-state index in [1.54, 1.807) is 0 Å². The number of hydrogen-bond acceptors (Lipinski definition) is 2. The maximum absolute atomic E-state index is 9.45. The van der Waals surface area contributed by atoms with Crippen molar-refractivity contribution in [2.75, 3.05) is 6.61 Å². The molecule has 1 N–H and O–H groups in total. The molecule has 0 amide bonds. The zero-order valence-electron chi connectivity index (χ0n) is 11.9. The molecule has 0 fully saturated rings. The number of benzene rings is 2. The second kappa shape index (κ2) is 6.06. The summed E-state index contributed by atoms with van der Waals surface area (Å²) in [4.78, 5) is 4.53. The minimum absolute atomic E-state index is 0.166. The van der Waals surface area contributed by atoms with Crippen molar-refractivity contribution in [2.24, 2.45) is 4.99 Å². The summed E-state index contributed by atoms with van der Waals surface area (Å²) >= 11 is 0. The molecule has 1 heterocycles. The van der Waals surface area contributed by atoms with Crippen LogP contribution in [0.5, 0.6) is 0 Å². The highest BCUT2D eigenvalue weighted by Gasteiger charge is 2.34. The predicted octanol–water partition coefficient (Wildman–Crippen LogP) is 4.13. The van der Waals surface area contributed by atoms with Crippen LogP contribution in [0.1, 0.15) is 24.0 Å². The van der Waals surface area contributed by atoms with Gasteiger partial charge in [0.05, 0.1) is 5.69 Å². The van der Waals surface area contributed by atoms with Gasteiger partial charge in [0.2, 0.25) is 0 Å². The fourth-order valence-electron chi connectivity index (χ4n) is 2.90. The third kappa shape index (κ3) is 2.81. The molecule has 1 atom stereocenters. The lowest BCUT2D eigenvalue weighted by Crippen LogP contribution is -2.26. The molecule has 2 aromatic rings.